The summed E-state index contributed by atoms with van der Waals surface area (Å²) in [6.07, 6.45) is 0.700. The van der Waals surface area contributed by atoms with Gasteiger partial charge >= 0.3 is 5.97 Å². The van der Waals surface area contributed by atoms with Crippen LogP contribution in [0.3, 0.4) is 0 Å². The molecule has 2 atom stereocenters. The number of carbonyl (C=O) groups is 1. The monoisotopic (exact) mass is 409 g/mol. The number of hydrogen-bond donors (Lipinski definition) is 0. The van der Waals surface area contributed by atoms with Crippen molar-refractivity contribution in [1.82, 2.24) is 4.31 Å². The summed E-state index contributed by atoms with van der Waals surface area (Å²) in [7, 11) is -3.85. The highest BCUT2D eigenvalue weighted by molar-refractivity contribution is 7.89. The molecule has 3 saturated heterocycles. The molecule has 0 aliphatic carbocycles. The summed E-state index contributed by atoms with van der Waals surface area (Å²) >= 11 is 0. The number of halogens is 2. The zero-order chi connectivity index (χ0) is 19.9. The Labute approximate surface area is 160 Å². The third kappa shape index (κ3) is 3.47. The molecule has 3 heterocycles. The predicted molar refractivity (Wildman–Crippen MR) is 93.9 cm³/mol. The third-order valence-corrected chi connectivity index (χ3v) is 6.77. The van der Waals surface area contributed by atoms with Gasteiger partial charge in [-0.05, 0) is 55.3 Å². The van der Waals surface area contributed by atoms with Crippen LogP contribution >= 0.6 is 0 Å². The molecule has 6 nitrogen and oxygen atoms in total. The van der Waals surface area contributed by atoms with Crippen LogP contribution in [-0.2, 0) is 26.2 Å². The fourth-order valence-corrected chi connectivity index (χ4v) is 5.05. The van der Waals surface area contributed by atoms with Crippen LogP contribution in [-0.4, -0.2) is 37.4 Å². The minimum atomic E-state index is -3.85. The van der Waals surface area contributed by atoms with Crippen molar-refractivity contribution in [3.63, 3.8) is 0 Å². The van der Waals surface area contributed by atoms with Gasteiger partial charge in [0.1, 0.15) is 36.1 Å². The largest absolute Gasteiger partial charge is 0.489 e. The van der Waals surface area contributed by atoms with E-state index in [-0.39, 0.29) is 23.6 Å². The van der Waals surface area contributed by atoms with Crippen LogP contribution in [0.1, 0.15) is 18.4 Å². The van der Waals surface area contributed by atoms with Crippen LogP contribution in [0.4, 0.5) is 8.78 Å². The minimum Gasteiger partial charge on any atom is -0.489 e. The number of esters is 1. The molecule has 0 spiro atoms. The number of ether oxygens (including phenoxy) is 2. The Bertz CT molecular complexity index is 1010. The van der Waals surface area contributed by atoms with Crippen molar-refractivity contribution in [1.29, 1.82) is 0 Å². The van der Waals surface area contributed by atoms with Crippen LogP contribution in [0.2, 0.25) is 0 Å². The zero-order valence-corrected chi connectivity index (χ0v) is 15.5. The molecule has 2 unspecified atom stereocenters. The van der Waals surface area contributed by atoms with E-state index in [1.54, 1.807) is 0 Å². The molecule has 2 aromatic rings. The van der Waals surface area contributed by atoms with Crippen molar-refractivity contribution in [3.05, 3.63) is 59.7 Å². The van der Waals surface area contributed by atoms with E-state index in [9.17, 15) is 22.0 Å². The number of nitrogens with zero attached hydrogens (tertiary/aromatic N) is 1. The van der Waals surface area contributed by atoms with Crippen molar-refractivity contribution in [3.8, 4) is 5.75 Å². The molecule has 2 bridgehead atoms. The highest BCUT2D eigenvalue weighted by Crippen LogP contribution is 2.32. The second-order valence-corrected chi connectivity index (χ2v) is 8.61. The van der Waals surface area contributed by atoms with E-state index in [1.807, 2.05) is 0 Å². The first-order valence-electron chi connectivity index (χ1n) is 8.74. The summed E-state index contributed by atoms with van der Waals surface area (Å²) < 4.78 is 64.3. The van der Waals surface area contributed by atoms with Crippen molar-refractivity contribution >= 4 is 16.0 Å². The minimum absolute atomic E-state index is 0.0251. The van der Waals surface area contributed by atoms with Crippen LogP contribution < -0.4 is 4.74 Å². The summed E-state index contributed by atoms with van der Waals surface area (Å²) in [4.78, 5) is 11.9. The lowest BCUT2D eigenvalue weighted by Gasteiger charge is -2.42. The van der Waals surface area contributed by atoms with E-state index in [2.05, 4.69) is 0 Å². The van der Waals surface area contributed by atoms with Gasteiger partial charge in [-0.25, -0.2) is 17.2 Å². The fraction of sp³-hybridized carbons (Fsp3) is 0.316. The first kappa shape index (κ1) is 18.8. The quantitative estimate of drug-likeness (QED) is 0.710. The Morgan fingerprint density at radius 3 is 2.54 bits per heavy atom. The number of benzene rings is 2. The fourth-order valence-electron chi connectivity index (χ4n) is 3.41. The second-order valence-electron chi connectivity index (χ2n) is 6.72. The first-order valence-corrected chi connectivity index (χ1v) is 10.2. The zero-order valence-electron chi connectivity index (χ0n) is 14.7. The van der Waals surface area contributed by atoms with Crippen LogP contribution in [0.25, 0.3) is 0 Å². The van der Waals surface area contributed by atoms with Crippen molar-refractivity contribution in [2.75, 3.05) is 6.54 Å². The molecule has 2 aromatic carbocycles. The van der Waals surface area contributed by atoms with Gasteiger partial charge in [0.2, 0.25) is 10.0 Å². The lowest BCUT2D eigenvalue weighted by atomic mass is 9.99. The molecule has 3 aliphatic heterocycles. The molecule has 28 heavy (non-hydrogen) atoms. The summed E-state index contributed by atoms with van der Waals surface area (Å²) in [6.45, 7) is -0.0484. The number of carbonyl (C=O) groups excluding carboxylic acids is 1. The standard InChI is InChI=1S/C19H17F2NO5S/c20-13-1-7-17(21)12(9-13)11-26-14-2-5-16(6-3-14)28(24,25)22-10-15-4-8-18(22)19(23)27-15/h1-3,5-7,9,15,18H,4,8,10-11H2. The van der Waals surface area contributed by atoms with Gasteiger partial charge in [-0.1, -0.05) is 0 Å². The van der Waals surface area contributed by atoms with E-state index < -0.39 is 39.8 Å². The van der Waals surface area contributed by atoms with E-state index in [1.165, 1.54) is 28.6 Å². The Morgan fingerprint density at radius 2 is 1.86 bits per heavy atom. The SMILES string of the molecule is O=C1OC2CCC1N(S(=O)(=O)c1ccc(OCc3cc(F)ccc3F)cc1)C2. The average Bonchev–Trinajstić information content (AvgIpc) is 2.69. The molecular weight excluding hydrogens is 392 g/mol. The van der Waals surface area contributed by atoms with Crippen LogP contribution in [0.5, 0.6) is 5.75 Å². The molecule has 148 valence electrons. The third-order valence-electron chi connectivity index (χ3n) is 4.88. The predicted octanol–water partition coefficient (Wildman–Crippen LogP) is 2.62. The normalized spacial score (nSPS) is 22.1. The Balaban J connectivity index is 1.48. The summed E-state index contributed by atoms with van der Waals surface area (Å²) in [5, 5.41) is 0. The summed E-state index contributed by atoms with van der Waals surface area (Å²) in [5.74, 6) is -1.37. The van der Waals surface area contributed by atoms with Gasteiger partial charge in [0.05, 0.1) is 11.4 Å². The average molecular weight is 409 g/mol. The summed E-state index contributed by atoms with van der Waals surface area (Å²) in [6, 6.07) is 7.87. The first-order chi connectivity index (χ1) is 13.3. The molecule has 0 amide bonds. The molecule has 3 aliphatic rings. The maximum Gasteiger partial charge on any atom is 0.324 e. The van der Waals surface area contributed by atoms with Crippen molar-refractivity contribution in [2.24, 2.45) is 0 Å². The van der Waals surface area contributed by atoms with Gasteiger partial charge in [-0.3, -0.25) is 4.79 Å². The number of rotatable bonds is 5. The van der Waals surface area contributed by atoms with Gasteiger partial charge < -0.3 is 9.47 Å². The summed E-state index contributed by atoms with van der Waals surface area (Å²) in [5.41, 5.74) is 0.0551. The Morgan fingerprint density at radius 1 is 1.11 bits per heavy atom. The number of fused-ring (bicyclic) bond motifs is 3. The molecule has 9 heteroatoms. The van der Waals surface area contributed by atoms with E-state index in [0.29, 0.717) is 18.6 Å². The van der Waals surface area contributed by atoms with E-state index >= 15 is 0 Å². The van der Waals surface area contributed by atoms with Gasteiger partial charge in [0, 0.05) is 5.56 Å². The smallest absolute Gasteiger partial charge is 0.324 e. The van der Waals surface area contributed by atoms with E-state index in [0.717, 1.165) is 18.2 Å². The Kier molecular flexibility index (Phi) is 4.80. The number of hydrogen-bond acceptors (Lipinski definition) is 5. The maximum absolute atomic E-state index is 13.6. The van der Waals surface area contributed by atoms with Gasteiger partial charge in [-0.2, -0.15) is 4.31 Å². The molecule has 3 fully saturated rings. The number of piperidine rings is 1. The van der Waals surface area contributed by atoms with Crippen LogP contribution in [0, 0.1) is 11.6 Å². The molecule has 0 N–H and O–H groups in total. The van der Waals surface area contributed by atoms with Gasteiger partial charge in [-0.15, -0.1) is 0 Å². The molecule has 0 radical (unpaired) electrons. The molecule has 0 aromatic heterocycles. The topological polar surface area (TPSA) is 72.9 Å². The lowest BCUT2D eigenvalue weighted by Crippen LogP contribution is -2.58. The van der Waals surface area contributed by atoms with Crippen molar-refractivity contribution < 1.29 is 31.5 Å². The molecular formula is C19H17F2NO5S. The maximum atomic E-state index is 13.6. The molecule has 0 saturated carbocycles. The van der Waals surface area contributed by atoms with Gasteiger partial charge in [0.25, 0.3) is 0 Å². The number of morpholine rings is 1. The van der Waals surface area contributed by atoms with E-state index in [4.69, 9.17) is 9.47 Å². The highest BCUT2D eigenvalue weighted by Gasteiger charge is 2.47. The van der Waals surface area contributed by atoms with Crippen LogP contribution in [0.15, 0.2) is 47.4 Å². The van der Waals surface area contributed by atoms with Crippen molar-refractivity contribution in [2.45, 2.75) is 36.5 Å². The number of sulfonamides is 1. The highest BCUT2D eigenvalue weighted by atomic mass is 32.2. The van der Waals surface area contributed by atoms with Gasteiger partial charge in [0.15, 0.2) is 0 Å². The Hall–Kier alpha value is -2.52. The molecule has 5 rings (SSSR count). The second kappa shape index (κ2) is 7.14. The lowest BCUT2D eigenvalue weighted by molar-refractivity contribution is -0.169.